The molecule has 55 heavy (non-hydrogen) atoms. The molecule has 4 aromatic rings. The zero-order valence-corrected chi connectivity index (χ0v) is 32.8. The monoisotopic (exact) mass is 776 g/mol. The van der Waals surface area contributed by atoms with E-state index in [4.69, 9.17) is 4.74 Å². The smallest absolute Gasteiger partial charge is 0.410 e. The molecule has 2 aromatic heterocycles. The van der Waals surface area contributed by atoms with Crippen LogP contribution in [0.3, 0.4) is 0 Å². The number of benzene rings is 2. The molecule has 12 heteroatoms. The summed E-state index contributed by atoms with van der Waals surface area (Å²) in [6.07, 6.45) is 1.66. The number of ether oxygens (including phenoxy) is 1. The second-order valence-corrected chi connectivity index (χ2v) is 18.3. The number of likely N-dealkylation sites (tertiary alicyclic amines) is 1. The first kappa shape index (κ1) is 36.0. The summed E-state index contributed by atoms with van der Waals surface area (Å²) >= 11 is 3.31. The zero-order chi connectivity index (χ0) is 38.3. The summed E-state index contributed by atoms with van der Waals surface area (Å²) in [5.41, 5.74) is 3.61. The van der Waals surface area contributed by atoms with Crippen molar-refractivity contribution in [3.05, 3.63) is 116 Å². The predicted molar refractivity (Wildman–Crippen MR) is 209 cm³/mol. The van der Waals surface area contributed by atoms with E-state index in [2.05, 4.69) is 33.6 Å². The van der Waals surface area contributed by atoms with Crippen molar-refractivity contribution in [2.45, 2.75) is 50.0 Å². The normalized spacial score (nSPS) is 28.9. The number of imide groups is 2. The fourth-order valence-corrected chi connectivity index (χ4v) is 11.7. The Hall–Kier alpha value is -4.65. The largest absolute Gasteiger partial charge is 0.444 e. The van der Waals surface area contributed by atoms with Crippen molar-refractivity contribution in [2.75, 3.05) is 39.3 Å². The predicted octanol–water partition coefficient (Wildman–Crippen LogP) is 6.69. The lowest BCUT2D eigenvalue weighted by Gasteiger charge is -2.29. The summed E-state index contributed by atoms with van der Waals surface area (Å²) in [6, 6.07) is 18.4. The van der Waals surface area contributed by atoms with Gasteiger partial charge >= 0.3 is 6.09 Å². The highest BCUT2D eigenvalue weighted by Gasteiger charge is 2.69. The third-order valence-corrected chi connectivity index (χ3v) is 14.3. The summed E-state index contributed by atoms with van der Waals surface area (Å²) in [7, 11) is 0. The van der Waals surface area contributed by atoms with Crippen molar-refractivity contribution in [3.63, 3.8) is 0 Å². The van der Waals surface area contributed by atoms with Gasteiger partial charge in [0.15, 0.2) is 0 Å². The van der Waals surface area contributed by atoms with E-state index in [-0.39, 0.29) is 46.5 Å². The highest BCUT2D eigenvalue weighted by atomic mass is 32.1. The summed E-state index contributed by atoms with van der Waals surface area (Å²) in [4.78, 5) is 69.0. The molecule has 10 rings (SSSR count). The average molecular weight is 777 g/mol. The van der Waals surface area contributed by atoms with Gasteiger partial charge in [0.25, 0.3) is 23.6 Å². The summed E-state index contributed by atoms with van der Waals surface area (Å²) in [5, 5.41) is 11.9. The lowest BCUT2D eigenvalue weighted by atomic mass is 9.92. The van der Waals surface area contributed by atoms with Crippen LogP contribution in [0, 0.1) is 23.7 Å². The molecule has 2 saturated carbocycles. The number of hydrogen-bond donors (Lipinski definition) is 1. The Labute approximate surface area is 328 Å². The number of piperidine rings is 2. The maximum absolute atomic E-state index is 13.0. The minimum absolute atomic E-state index is 0.0587. The molecule has 4 aliphatic heterocycles. The SMILES string of the molecule is CC(C)(C)OC(=O)N1CCC2C(C1)C2(CN1C(=O)c2ccccc2C1=O)c1ccsc1.O=C1c2ccccc2C(=O)N1CC1(c2ccsc2)C2CCNCC21. The topological polar surface area (TPSA) is 116 Å². The maximum Gasteiger partial charge on any atom is 0.410 e. The molecular formula is C43H44N4O6S2. The van der Waals surface area contributed by atoms with Gasteiger partial charge in [0, 0.05) is 37.0 Å². The Kier molecular flexibility index (Phi) is 8.67. The average Bonchev–Trinajstić information content (AvgIpc) is 3.56. The van der Waals surface area contributed by atoms with E-state index in [1.54, 1.807) is 64.0 Å². The highest BCUT2D eigenvalue weighted by molar-refractivity contribution is 7.08. The Bertz CT molecular complexity index is 2110. The van der Waals surface area contributed by atoms with Gasteiger partial charge in [0.1, 0.15) is 5.60 Å². The van der Waals surface area contributed by atoms with E-state index < -0.39 is 5.60 Å². The van der Waals surface area contributed by atoms with E-state index in [9.17, 15) is 24.0 Å². The van der Waals surface area contributed by atoms with E-state index in [1.807, 2.05) is 38.3 Å². The van der Waals surface area contributed by atoms with Crippen LogP contribution in [0.15, 0.2) is 82.2 Å². The lowest BCUT2D eigenvalue weighted by Crippen LogP contribution is -2.41. The van der Waals surface area contributed by atoms with E-state index in [0.29, 0.717) is 66.2 Å². The van der Waals surface area contributed by atoms with Gasteiger partial charge in [-0.25, -0.2) is 4.79 Å². The van der Waals surface area contributed by atoms with Gasteiger partial charge in [-0.1, -0.05) is 24.3 Å². The molecule has 0 bridgehead atoms. The van der Waals surface area contributed by atoms with Crippen LogP contribution < -0.4 is 5.32 Å². The molecule has 0 radical (unpaired) electrons. The van der Waals surface area contributed by atoms with Crippen molar-refractivity contribution >= 4 is 52.4 Å². The maximum atomic E-state index is 13.0. The second kappa shape index (κ2) is 13.2. The second-order valence-electron chi connectivity index (χ2n) is 16.7. The molecule has 6 heterocycles. The molecule has 1 N–H and O–H groups in total. The van der Waals surface area contributed by atoms with E-state index in [1.165, 1.54) is 15.4 Å². The fourth-order valence-electron chi connectivity index (χ4n) is 10.2. The number of rotatable bonds is 6. The molecule has 6 atom stereocenters. The first-order valence-corrected chi connectivity index (χ1v) is 21.0. The number of carbonyl (C=O) groups excluding carboxylic acids is 5. The third kappa shape index (κ3) is 5.78. The van der Waals surface area contributed by atoms with Crippen LogP contribution in [0.4, 0.5) is 4.79 Å². The Balaban J connectivity index is 0.000000149. The summed E-state index contributed by atoms with van der Waals surface area (Å²) < 4.78 is 5.58. The molecule has 284 valence electrons. The van der Waals surface area contributed by atoms with Gasteiger partial charge in [-0.15, -0.1) is 0 Å². The van der Waals surface area contributed by atoms with Gasteiger partial charge in [-0.3, -0.25) is 29.0 Å². The fraction of sp³-hybridized carbons (Fsp3) is 0.419. The molecular weight excluding hydrogens is 733 g/mol. The summed E-state index contributed by atoms with van der Waals surface area (Å²) in [5.74, 6) is 0.912. The number of hydrogen-bond acceptors (Lipinski definition) is 9. The van der Waals surface area contributed by atoms with Crippen LogP contribution in [-0.4, -0.2) is 89.3 Å². The van der Waals surface area contributed by atoms with Crippen LogP contribution in [0.5, 0.6) is 0 Å². The van der Waals surface area contributed by atoms with Gasteiger partial charge in [-0.05, 0) is 139 Å². The standard InChI is InChI=1S/C24H26N2O4S.C19H18N2O2S/c1-23(2,3)30-22(29)25-10-8-18-19(12-25)24(18,15-9-11-31-13-15)14-26-20(27)16-6-4-5-7-17(16)21(26)28;22-17-13-3-1-2-4-14(13)18(23)21(17)11-19(12-6-8-24-10-12)15-5-7-20-9-16(15)19/h4-7,9,11,13,18-19H,8,10,12,14H2,1-3H3;1-4,6,8,10,15-16,20H,5,7,9,11H2. The number of carbonyl (C=O) groups is 5. The Morgan fingerprint density at radius 3 is 1.60 bits per heavy atom. The van der Waals surface area contributed by atoms with Crippen LogP contribution in [0.2, 0.25) is 0 Å². The van der Waals surface area contributed by atoms with Crippen molar-refractivity contribution in [3.8, 4) is 0 Å². The minimum atomic E-state index is -0.540. The molecule has 2 aliphatic carbocycles. The highest BCUT2D eigenvalue weighted by Crippen LogP contribution is 2.65. The number of nitrogens with one attached hydrogen (secondary N) is 1. The third-order valence-electron chi connectivity index (χ3n) is 12.9. The zero-order valence-electron chi connectivity index (χ0n) is 31.2. The molecule has 0 spiro atoms. The first-order valence-electron chi connectivity index (χ1n) is 19.1. The molecule has 6 aliphatic rings. The van der Waals surface area contributed by atoms with Crippen molar-refractivity contribution < 1.29 is 28.7 Å². The molecule has 6 unspecified atom stereocenters. The summed E-state index contributed by atoms with van der Waals surface area (Å²) in [6.45, 7) is 9.67. The molecule has 5 amide bonds. The van der Waals surface area contributed by atoms with Crippen LogP contribution >= 0.6 is 22.7 Å². The first-order chi connectivity index (χ1) is 26.5. The molecule has 4 fully saturated rings. The van der Waals surface area contributed by atoms with Gasteiger partial charge in [0.05, 0.1) is 22.3 Å². The van der Waals surface area contributed by atoms with E-state index in [0.717, 1.165) is 31.5 Å². The van der Waals surface area contributed by atoms with Crippen LogP contribution in [0.25, 0.3) is 0 Å². The van der Waals surface area contributed by atoms with Crippen molar-refractivity contribution in [2.24, 2.45) is 23.7 Å². The number of nitrogens with zero attached hydrogens (tertiary/aromatic N) is 3. The Morgan fingerprint density at radius 2 is 1.18 bits per heavy atom. The van der Waals surface area contributed by atoms with E-state index >= 15 is 0 Å². The molecule has 2 aromatic carbocycles. The number of fused-ring (bicyclic) bond motifs is 4. The number of thiophene rings is 2. The molecule has 2 saturated heterocycles. The molecule has 10 nitrogen and oxygen atoms in total. The minimum Gasteiger partial charge on any atom is -0.444 e. The number of amides is 5. The van der Waals surface area contributed by atoms with Crippen molar-refractivity contribution in [1.82, 2.24) is 20.0 Å². The van der Waals surface area contributed by atoms with Crippen LogP contribution in [0.1, 0.15) is 86.2 Å². The quantitative estimate of drug-likeness (QED) is 0.217. The van der Waals surface area contributed by atoms with Gasteiger partial charge < -0.3 is 15.0 Å². The lowest BCUT2D eigenvalue weighted by molar-refractivity contribution is 0.0205. The van der Waals surface area contributed by atoms with Gasteiger partial charge in [-0.2, -0.15) is 22.7 Å². The van der Waals surface area contributed by atoms with Crippen molar-refractivity contribution in [1.29, 1.82) is 0 Å². The Morgan fingerprint density at radius 1 is 0.709 bits per heavy atom. The van der Waals surface area contributed by atoms with Gasteiger partial charge in [0.2, 0.25) is 0 Å². The van der Waals surface area contributed by atoms with Crippen LogP contribution in [-0.2, 0) is 15.6 Å².